The van der Waals surface area contributed by atoms with Crippen LogP contribution >= 0.6 is 0 Å². The minimum absolute atomic E-state index is 0.138. The van der Waals surface area contributed by atoms with Crippen molar-refractivity contribution in [1.29, 1.82) is 0 Å². The summed E-state index contributed by atoms with van der Waals surface area (Å²) < 4.78 is 0. The smallest absolute Gasteiger partial charge is 0.252 e. The molecule has 0 atom stereocenters. The first-order valence-corrected chi connectivity index (χ1v) is 11.0. The Morgan fingerprint density at radius 3 is 2.75 bits per heavy atom. The number of aromatic nitrogens is 1. The highest BCUT2D eigenvalue weighted by Crippen LogP contribution is 2.25. The number of rotatable bonds is 8. The number of para-hydroxylation sites is 1. The van der Waals surface area contributed by atoms with Gasteiger partial charge in [-0.2, -0.15) is 0 Å². The summed E-state index contributed by atoms with van der Waals surface area (Å²) in [5.74, 6) is 0.694. The zero-order chi connectivity index (χ0) is 22.5. The molecule has 1 fully saturated rings. The van der Waals surface area contributed by atoms with Crippen LogP contribution in [0.4, 0.5) is 17.2 Å². The van der Waals surface area contributed by atoms with Crippen molar-refractivity contribution in [2.24, 2.45) is 0 Å². The van der Waals surface area contributed by atoms with E-state index >= 15 is 0 Å². The van der Waals surface area contributed by atoms with Crippen molar-refractivity contribution >= 4 is 39.9 Å². The number of hydrogen-bond donors (Lipinski definition) is 2. The fourth-order valence-electron chi connectivity index (χ4n) is 3.94. The number of likely N-dealkylation sites (tertiary alicyclic amines) is 1. The second-order valence-corrected chi connectivity index (χ2v) is 8.24. The second kappa shape index (κ2) is 9.68. The summed E-state index contributed by atoms with van der Waals surface area (Å²) in [6, 6.07) is 17.5. The third-order valence-electron chi connectivity index (χ3n) is 5.66. The number of nitrogens with one attached hydrogen (secondary N) is 2. The summed E-state index contributed by atoms with van der Waals surface area (Å²) in [5, 5.41) is 7.15. The van der Waals surface area contributed by atoms with Gasteiger partial charge in [-0.05, 0) is 43.2 Å². The summed E-state index contributed by atoms with van der Waals surface area (Å²) >= 11 is 0. The number of carbonyl (C=O) groups is 2. The Morgan fingerprint density at radius 2 is 1.97 bits per heavy atom. The molecule has 2 amide bonds. The molecule has 2 aromatic carbocycles. The number of carbonyl (C=O) groups excluding carboxylic acids is 2. The van der Waals surface area contributed by atoms with Crippen LogP contribution in [0.5, 0.6) is 0 Å². The molecule has 2 N–H and O–H groups in total. The van der Waals surface area contributed by atoms with Crippen LogP contribution in [-0.4, -0.2) is 55.4 Å². The molecule has 1 saturated heterocycles. The first-order chi connectivity index (χ1) is 15.5. The molecule has 0 radical (unpaired) electrons. The van der Waals surface area contributed by atoms with E-state index < -0.39 is 0 Å². The van der Waals surface area contributed by atoms with Gasteiger partial charge in [-0.25, -0.2) is 4.98 Å². The Hall–Kier alpha value is -3.61. The first-order valence-electron chi connectivity index (χ1n) is 11.0. The molecule has 0 spiro atoms. The Kier molecular flexibility index (Phi) is 6.54. The molecule has 166 valence electrons. The highest BCUT2D eigenvalue weighted by molar-refractivity contribution is 6.07. The number of amides is 2. The molecule has 7 heteroatoms. The lowest BCUT2D eigenvalue weighted by atomic mass is 10.1. The SMILES string of the molecule is CN(C)c1cccc(Nc2cc(C(=O)NCCCN3CCCC3=O)c3ccccc3n2)c1. The number of fused-ring (bicyclic) bond motifs is 1. The number of hydrogen-bond acceptors (Lipinski definition) is 5. The van der Waals surface area contributed by atoms with E-state index in [9.17, 15) is 9.59 Å². The van der Waals surface area contributed by atoms with Crippen molar-refractivity contribution < 1.29 is 9.59 Å². The molecule has 3 aromatic rings. The molecule has 7 nitrogen and oxygen atoms in total. The molecule has 32 heavy (non-hydrogen) atoms. The average molecular weight is 432 g/mol. The summed E-state index contributed by atoms with van der Waals surface area (Å²) in [4.78, 5) is 33.4. The number of benzene rings is 2. The number of anilines is 3. The highest BCUT2D eigenvalue weighted by atomic mass is 16.2. The van der Waals surface area contributed by atoms with Crippen LogP contribution in [0, 0.1) is 0 Å². The van der Waals surface area contributed by atoms with Gasteiger partial charge in [0.05, 0.1) is 11.1 Å². The quantitative estimate of drug-likeness (QED) is 0.531. The number of pyridine rings is 1. The van der Waals surface area contributed by atoms with Gasteiger partial charge in [0, 0.05) is 56.9 Å². The van der Waals surface area contributed by atoms with Crippen molar-refractivity contribution in [2.75, 3.05) is 43.9 Å². The van der Waals surface area contributed by atoms with E-state index in [4.69, 9.17) is 4.98 Å². The van der Waals surface area contributed by atoms with Crippen molar-refractivity contribution in [1.82, 2.24) is 15.2 Å². The zero-order valence-electron chi connectivity index (χ0n) is 18.6. The van der Waals surface area contributed by atoms with E-state index in [-0.39, 0.29) is 11.8 Å². The minimum Gasteiger partial charge on any atom is -0.378 e. The van der Waals surface area contributed by atoms with E-state index in [2.05, 4.69) is 10.6 Å². The lowest BCUT2D eigenvalue weighted by Crippen LogP contribution is -2.30. The predicted octanol–water partition coefficient (Wildman–Crippen LogP) is 3.79. The van der Waals surface area contributed by atoms with Crippen molar-refractivity contribution in [3.05, 3.63) is 60.2 Å². The van der Waals surface area contributed by atoms with E-state index in [1.807, 2.05) is 72.4 Å². The van der Waals surface area contributed by atoms with Gasteiger partial charge in [0.15, 0.2) is 0 Å². The van der Waals surface area contributed by atoms with Crippen LogP contribution in [0.3, 0.4) is 0 Å². The Labute approximate surface area is 188 Å². The van der Waals surface area contributed by atoms with Gasteiger partial charge in [-0.3, -0.25) is 9.59 Å². The molecule has 1 aromatic heterocycles. The molecule has 0 unspecified atom stereocenters. The average Bonchev–Trinajstić information content (AvgIpc) is 3.20. The largest absolute Gasteiger partial charge is 0.378 e. The van der Waals surface area contributed by atoms with E-state index in [0.29, 0.717) is 30.9 Å². The van der Waals surface area contributed by atoms with Crippen LogP contribution in [-0.2, 0) is 4.79 Å². The number of nitrogens with zero attached hydrogens (tertiary/aromatic N) is 3. The molecule has 0 saturated carbocycles. The van der Waals surface area contributed by atoms with E-state index in [1.165, 1.54) is 0 Å². The minimum atomic E-state index is -0.138. The fourth-order valence-corrected chi connectivity index (χ4v) is 3.94. The topological polar surface area (TPSA) is 77.6 Å². The van der Waals surface area contributed by atoms with Gasteiger partial charge in [0.2, 0.25) is 5.91 Å². The summed E-state index contributed by atoms with van der Waals surface area (Å²) in [6.07, 6.45) is 2.31. The van der Waals surface area contributed by atoms with Gasteiger partial charge in [0.1, 0.15) is 5.82 Å². The fraction of sp³-hybridized carbons (Fsp3) is 0.320. The van der Waals surface area contributed by atoms with Gasteiger partial charge >= 0.3 is 0 Å². The Balaban J connectivity index is 1.49. The molecule has 2 heterocycles. The van der Waals surface area contributed by atoms with Crippen molar-refractivity contribution in [3.8, 4) is 0 Å². The normalized spacial score (nSPS) is 13.4. The predicted molar refractivity (Wildman–Crippen MR) is 129 cm³/mol. The third-order valence-corrected chi connectivity index (χ3v) is 5.66. The maximum Gasteiger partial charge on any atom is 0.252 e. The molecule has 1 aliphatic heterocycles. The lowest BCUT2D eigenvalue weighted by molar-refractivity contribution is -0.127. The van der Waals surface area contributed by atoms with Crippen LogP contribution in [0.25, 0.3) is 10.9 Å². The second-order valence-electron chi connectivity index (χ2n) is 8.24. The van der Waals surface area contributed by atoms with Crippen LogP contribution in [0.15, 0.2) is 54.6 Å². The Bertz CT molecular complexity index is 1130. The van der Waals surface area contributed by atoms with Crippen molar-refractivity contribution in [3.63, 3.8) is 0 Å². The maximum absolute atomic E-state index is 13.0. The lowest BCUT2D eigenvalue weighted by Gasteiger charge is -2.16. The standard InChI is InChI=1S/C25H29N5O2/c1-29(2)19-9-5-8-18(16-19)27-23-17-21(20-10-3-4-11-22(20)28-23)25(32)26-13-7-15-30-14-6-12-24(30)31/h3-5,8-11,16-17H,6-7,12-15H2,1-2H3,(H,26,32)(H,27,28). The van der Waals surface area contributed by atoms with Crippen molar-refractivity contribution in [2.45, 2.75) is 19.3 Å². The van der Waals surface area contributed by atoms with E-state index in [1.54, 1.807) is 6.07 Å². The van der Waals surface area contributed by atoms with Crippen LogP contribution in [0.1, 0.15) is 29.6 Å². The molecule has 4 rings (SSSR count). The van der Waals surface area contributed by atoms with E-state index in [0.717, 1.165) is 41.7 Å². The van der Waals surface area contributed by atoms with Gasteiger partial charge in [-0.15, -0.1) is 0 Å². The van der Waals surface area contributed by atoms with Gasteiger partial charge in [0.25, 0.3) is 5.91 Å². The van der Waals surface area contributed by atoms with Gasteiger partial charge < -0.3 is 20.4 Å². The summed E-state index contributed by atoms with van der Waals surface area (Å²) in [6.45, 7) is 2.03. The Morgan fingerprint density at radius 1 is 1.12 bits per heavy atom. The maximum atomic E-state index is 13.0. The summed E-state index contributed by atoms with van der Waals surface area (Å²) in [7, 11) is 3.99. The molecular weight excluding hydrogens is 402 g/mol. The van der Waals surface area contributed by atoms with Gasteiger partial charge in [-0.1, -0.05) is 24.3 Å². The molecule has 1 aliphatic rings. The van der Waals surface area contributed by atoms with Crippen LogP contribution < -0.4 is 15.5 Å². The highest BCUT2D eigenvalue weighted by Gasteiger charge is 2.19. The first kappa shape index (κ1) is 21.6. The van der Waals surface area contributed by atoms with Crippen LogP contribution in [0.2, 0.25) is 0 Å². The monoisotopic (exact) mass is 431 g/mol. The molecular formula is C25H29N5O2. The summed E-state index contributed by atoms with van der Waals surface area (Å²) in [5.41, 5.74) is 3.32. The zero-order valence-corrected chi connectivity index (χ0v) is 18.6. The molecule has 0 aliphatic carbocycles. The molecule has 0 bridgehead atoms. The third kappa shape index (κ3) is 4.99.